The summed E-state index contributed by atoms with van der Waals surface area (Å²) in [5, 5.41) is 0. The average Bonchev–Trinajstić information content (AvgIpc) is 2.09. The Hall–Kier alpha value is -0.410. The molecule has 1 aromatic carbocycles. The van der Waals surface area contributed by atoms with Gasteiger partial charge in [0.1, 0.15) is 5.82 Å². The van der Waals surface area contributed by atoms with E-state index in [4.69, 9.17) is 0 Å². The van der Waals surface area contributed by atoms with E-state index in [0.717, 1.165) is 16.6 Å². The van der Waals surface area contributed by atoms with Crippen LogP contribution in [0.4, 0.5) is 4.39 Å². The fourth-order valence-corrected chi connectivity index (χ4v) is 1.39. The quantitative estimate of drug-likeness (QED) is 0.792. The minimum absolute atomic E-state index is 0.144. The lowest BCUT2D eigenvalue weighted by Crippen LogP contribution is -2.17. The van der Waals surface area contributed by atoms with E-state index < -0.39 is 0 Å². The molecule has 0 bridgehead atoms. The van der Waals surface area contributed by atoms with E-state index in [0.29, 0.717) is 6.54 Å². The molecule has 0 heterocycles. The minimum Gasteiger partial charge on any atom is -0.302 e. The molecule has 0 aliphatic heterocycles. The van der Waals surface area contributed by atoms with Crippen LogP contribution in [0.1, 0.15) is 12.5 Å². The van der Waals surface area contributed by atoms with Crippen molar-refractivity contribution in [1.29, 1.82) is 0 Å². The van der Waals surface area contributed by atoms with Crippen LogP contribution in [0.3, 0.4) is 0 Å². The minimum atomic E-state index is -0.144. The van der Waals surface area contributed by atoms with Gasteiger partial charge in [0.25, 0.3) is 0 Å². The van der Waals surface area contributed by atoms with Gasteiger partial charge in [-0.1, -0.05) is 28.9 Å². The zero-order valence-electron chi connectivity index (χ0n) is 7.85. The van der Waals surface area contributed by atoms with Gasteiger partial charge in [-0.25, -0.2) is 4.39 Å². The third-order valence-corrected chi connectivity index (χ3v) is 2.49. The van der Waals surface area contributed by atoms with Crippen LogP contribution >= 0.6 is 15.9 Å². The average molecular weight is 246 g/mol. The van der Waals surface area contributed by atoms with E-state index in [1.165, 1.54) is 6.07 Å². The number of hydrogen-bond donors (Lipinski definition) is 0. The molecular formula is C10H13BrFN. The molecule has 0 fully saturated rings. The summed E-state index contributed by atoms with van der Waals surface area (Å²) < 4.78 is 14.1. The van der Waals surface area contributed by atoms with Crippen LogP contribution in [0.15, 0.2) is 22.7 Å². The molecule has 0 amide bonds. The monoisotopic (exact) mass is 245 g/mol. The number of hydrogen-bond acceptors (Lipinski definition) is 1. The molecule has 0 aliphatic carbocycles. The molecule has 0 aliphatic rings. The predicted molar refractivity (Wildman–Crippen MR) is 56.1 cm³/mol. The highest BCUT2D eigenvalue weighted by atomic mass is 79.9. The van der Waals surface area contributed by atoms with Gasteiger partial charge in [-0.3, -0.25) is 0 Å². The Kier molecular flexibility index (Phi) is 3.88. The number of benzene rings is 1. The molecule has 3 heteroatoms. The van der Waals surface area contributed by atoms with Gasteiger partial charge < -0.3 is 4.90 Å². The number of halogens is 2. The first-order valence-electron chi connectivity index (χ1n) is 4.26. The molecule has 1 rings (SSSR count). The standard InChI is InChI=1S/C10H13BrFN/c1-3-13(2)7-8-4-5-9(11)6-10(8)12/h4-6H,3,7H2,1-2H3. The summed E-state index contributed by atoms with van der Waals surface area (Å²) in [7, 11) is 1.97. The summed E-state index contributed by atoms with van der Waals surface area (Å²) in [5.74, 6) is -0.144. The summed E-state index contributed by atoms with van der Waals surface area (Å²) in [6.45, 7) is 3.64. The van der Waals surface area contributed by atoms with E-state index >= 15 is 0 Å². The maximum Gasteiger partial charge on any atom is 0.128 e. The van der Waals surface area contributed by atoms with Crippen LogP contribution in [-0.4, -0.2) is 18.5 Å². The van der Waals surface area contributed by atoms with E-state index in [9.17, 15) is 4.39 Å². The van der Waals surface area contributed by atoms with Crippen molar-refractivity contribution in [3.63, 3.8) is 0 Å². The lowest BCUT2D eigenvalue weighted by Gasteiger charge is -2.14. The highest BCUT2D eigenvalue weighted by molar-refractivity contribution is 9.10. The highest BCUT2D eigenvalue weighted by Crippen LogP contribution is 2.16. The van der Waals surface area contributed by atoms with Crippen molar-refractivity contribution >= 4 is 15.9 Å². The molecule has 0 N–H and O–H groups in total. The van der Waals surface area contributed by atoms with Gasteiger partial charge in [0.05, 0.1) is 0 Å². The molecule has 0 saturated heterocycles. The molecule has 1 nitrogen and oxygen atoms in total. The smallest absolute Gasteiger partial charge is 0.128 e. The molecule has 13 heavy (non-hydrogen) atoms. The maximum absolute atomic E-state index is 13.3. The topological polar surface area (TPSA) is 3.24 Å². The van der Waals surface area contributed by atoms with Gasteiger partial charge in [-0.05, 0) is 25.7 Å². The normalized spacial score (nSPS) is 10.8. The summed E-state index contributed by atoms with van der Waals surface area (Å²) in [6, 6.07) is 5.17. The molecule has 72 valence electrons. The van der Waals surface area contributed by atoms with E-state index in [2.05, 4.69) is 27.8 Å². The maximum atomic E-state index is 13.3. The molecule has 0 atom stereocenters. The second-order valence-corrected chi connectivity index (χ2v) is 3.98. The SMILES string of the molecule is CCN(C)Cc1ccc(Br)cc1F. The third kappa shape index (κ3) is 3.08. The van der Waals surface area contributed by atoms with Crippen molar-refractivity contribution in [2.45, 2.75) is 13.5 Å². The van der Waals surface area contributed by atoms with Gasteiger partial charge >= 0.3 is 0 Å². The van der Waals surface area contributed by atoms with E-state index in [-0.39, 0.29) is 5.82 Å². The summed E-state index contributed by atoms with van der Waals surface area (Å²) >= 11 is 3.23. The Balaban J connectivity index is 2.77. The van der Waals surface area contributed by atoms with Crippen LogP contribution in [0.2, 0.25) is 0 Å². The van der Waals surface area contributed by atoms with Crippen molar-refractivity contribution in [3.05, 3.63) is 34.1 Å². The number of nitrogens with zero attached hydrogens (tertiary/aromatic N) is 1. The van der Waals surface area contributed by atoms with E-state index in [1.54, 1.807) is 0 Å². The van der Waals surface area contributed by atoms with Crippen molar-refractivity contribution in [3.8, 4) is 0 Å². The Morgan fingerprint density at radius 1 is 1.46 bits per heavy atom. The second-order valence-electron chi connectivity index (χ2n) is 3.07. The van der Waals surface area contributed by atoms with Crippen molar-refractivity contribution in [2.24, 2.45) is 0 Å². The zero-order chi connectivity index (χ0) is 9.84. The van der Waals surface area contributed by atoms with Crippen LogP contribution in [-0.2, 0) is 6.54 Å². The van der Waals surface area contributed by atoms with Crippen LogP contribution < -0.4 is 0 Å². The lowest BCUT2D eigenvalue weighted by atomic mass is 10.2. The van der Waals surface area contributed by atoms with Crippen LogP contribution in [0.25, 0.3) is 0 Å². The molecule has 1 aromatic rings. The Bertz CT molecular complexity index is 288. The molecular weight excluding hydrogens is 233 g/mol. The Morgan fingerprint density at radius 3 is 2.69 bits per heavy atom. The van der Waals surface area contributed by atoms with Crippen LogP contribution in [0, 0.1) is 5.82 Å². The van der Waals surface area contributed by atoms with Gasteiger partial charge in [-0.2, -0.15) is 0 Å². The van der Waals surface area contributed by atoms with E-state index in [1.807, 2.05) is 19.2 Å². The van der Waals surface area contributed by atoms with Crippen molar-refractivity contribution in [2.75, 3.05) is 13.6 Å². The molecule has 0 radical (unpaired) electrons. The zero-order valence-corrected chi connectivity index (χ0v) is 9.44. The summed E-state index contributed by atoms with van der Waals surface area (Å²) in [6.07, 6.45) is 0. The van der Waals surface area contributed by atoms with Crippen molar-refractivity contribution in [1.82, 2.24) is 4.90 Å². The highest BCUT2D eigenvalue weighted by Gasteiger charge is 2.04. The van der Waals surface area contributed by atoms with Gasteiger partial charge in [0, 0.05) is 16.6 Å². The second kappa shape index (κ2) is 4.72. The largest absolute Gasteiger partial charge is 0.302 e. The first-order chi connectivity index (χ1) is 6.13. The molecule has 0 aromatic heterocycles. The fourth-order valence-electron chi connectivity index (χ4n) is 1.05. The van der Waals surface area contributed by atoms with Gasteiger partial charge in [-0.15, -0.1) is 0 Å². The van der Waals surface area contributed by atoms with Gasteiger partial charge in [0.15, 0.2) is 0 Å². The Labute approximate surface area is 86.7 Å². The summed E-state index contributed by atoms with van der Waals surface area (Å²) in [5.41, 5.74) is 0.743. The Morgan fingerprint density at radius 2 is 2.15 bits per heavy atom. The predicted octanol–water partition coefficient (Wildman–Crippen LogP) is 3.04. The fraction of sp³-hybridized carbons (Fsp3) is 0.400. The van der Waals surface area contributed by atoms with Crippen LogP contribution in [0.5, 0.6) is 0 Å². The van der Waals surface area contributed by atoms with Crippen molar-refractivity contribution < 1.29 is 4.39 Å². The summed E-state index contributed by atoms with van der Waals surface area (Å²) in [4.78, 5) is 2.06. The first-order valence-corrected chi connectivity index (χ1v) is 5.05. The molecule has 0 unspecified atom stereocenters. The number of rotatable bonds is 3. The third-order valence-electron chi connectivity index (χ3n) is 2.00. The first kappa shape index (κ1) is 10.7. The molecule has 0 saturated carbocycles. The lowest BCUT2D eigenvalue weighted by molar-refractivity contribution is 0.339. The van der Waals surface area contributed by atoms with Gasteiger partial charge in [0.2, 0.25) is 0 Å². The molecule has 0 spiro atoms.